The van der Waals surface area contributed by atoms with Gasteiger partial charge >= 0.3 is 0 Å². The summed E-state index contributed by atoms with van der Waals surface area (Å²) in [6.45, 7) is 2.68. The van der Waals surface area contributed by atoms with Crippen LogP contribution in [0.15, 0.2) is 66.0 Å². The van der Waals surface area contributed by atoms with Gasteiger partial charge in [0.2, 0.25) is 11.9 Å². The molecule has 7 nitrogen and oxygen atoms in total. The molecule has 1 aliphatic heterocycles. The molecule has 6 rings (SSSR count). The van der Waals surface area contributed by atoms with E-state index in [0.29, 0.717) is 37.6 Å². The molecular formula is C25H21ClN6OS. The predicted octanol–water partition coefficient (Wildman–Crippen LogP) is 4.55. The fraction of sp³-hybridized carbons (Fsp3) is 0.200. The summed E-state index contributed by atoms with van der Waals surface area (Å²) in [4.78, 5) is 23.1. The third-order valence-corrected chi connectivity index (χ3v) is 7.28. The summed E-state index contributed by atoms with van der Waals surface area (Å²) in [5, 5.41) is 12.7. The molecule has 4 heterocycles. The van der Waals surface area contributed by atoms with E-state index < -0.39 is 0 Å². The summed E-state index contributed by atoms with van der Waals surface area (Å²) in [5.74, 6) is 1.68. The average Bonchev–Trinajstić information content (AvgIpc) is 3.55. The van der Waals surface area contributed by atoms with Gasteiger partial charge in [-0.25, -0.2) is 9.38 Å². The van der Waals surface area contributed by atoms with Crippen LogP contribution in [0.25, 0.3) is 27.9 Å². The molecule has 0 radical (unpaired) electrons. The van der Waals surface area contributed by atoms with Gasteiger partial charge in [-0.3, -0.25) is 4.79 Å². The minimum atomic E-state index is 0.171. The van der Waals surface area contributed by atoms with Crippen molar-refractivity contribution >= 4 is 51.3 Å². The summed E-state index contributed by atoms with van der Waals surface area (Å²) in [6, 6.07) is 19.6. The number of aromatic nitrogens is 4. The van der Waals surface area contributed by atoms with Crippen LogP contribution in [-0.4, -0.2) is 56.6 Å². The lowest BCUT2D eigenvalue weighted by molar-refractivity contribution is -0.130. The number of amides is 1. The van der Waals surface area contributed by atoms with Gasteiger partial charge < -0.3 is 9.80 Å². The van der Waals surface area contributed by atoms with Crippen molar-refractivity contribution in [2.24, 2.45) is 0 Å². The number of hydrogen-bond donors (Lipinski definition) is 0. The zero-order valence-electron chi connectivity index (χ0n) is 18.3. The molecule has 34 heavy (non-hydrogen) atoms. The highest BCUT2D eigenvalue weighted by Crippen LogP contribution is 2.29. The second-order valence-corrected chi connectivity index (χ2v) is 9.71. The van der Waals surface area contributed by atoms with E-state index in [4.69, 9.17) is 16.6 Å². The Morgan fingerprint density at radius 2 is 1.74 bits per heavy atom. The molecule has 0 bridgehead atoms. The zero-order valence-corrected chi connectivity index (χ0v) is 19.8. The van der Waals surface area contributed by atoms with Crippen LogP contribution in [0.1, 0.15) is 4.88 Å². The summed E-state index contributed by atoms with van der Waals surface area (Å²) in [7, 11) is 0. The number of piperazine rings is 1. The number of carbonyl (C=O) groups is 1. The molecule has 170 valence electrons. The van der Waals surface area contributed by atoms with Crippen LogP contribution in [0.4, 0.5) is 5.95 Å². The van der Waals surface area contributed by atoms with Crippen LogP contribution >= 0.6 is 22.9 Å². The Hall–Kier alpha value is -3.49. The number of thiophene rings is 1. The highest BCUT2D eigenvalue weighted by molar-refractivity contribution is 7.10. The van der Waals surface area contributed by atoms with E-state index >= 15 is 0 Å². The number of nitrogens with zero attached hydrogens (tertiary/aromatic N) is 6. The lowest BCUT2D eigenvalue weighted by Gasteiger charge is -2.35. The summed E-state index contributed by atoms with van der Waals surface area (Å²) >= 11 is 7.73. The van der Waals surface area contributed by atoms with Crippen LogP contribution < -0.4 is 4.90 Å². The maximum atomic E-state index is 12.8. The smallest absolute Gasteiger partial charge is 0.227 e. The van der Waals surface area contributed by atoms with E-state index in [-0.39, 0.29) is 5.91 Å². The van der Waals surface area contributed by atoms with Crippen LogP contribution in [0, 0.1) is 0 Å². The van der Waals surface area contributed by atoms with Gasteiger partial charge in [0.15, 0.2) is 11.5 Å². The SMILES string of the molecule is O=C(Cc1cccs1)N1CCN(c2nc3ccccc3c3nnc(-c4ccc(Cl)cc4)n23)CC1. The van der Waals surface area contributed by atoms with Crippen molar-refractivity contribution in [2.75, 3.05) is 31.1 Å². The average molecular weight is 489 g/mol. The Bertz CT molecular complexity index is 1470. The molecule has 9 heteroatoms. The normalized spacial score (nSPS) is 14.3. The molecule has 0 unspecified atom stereocenters. The molecule has 5 aromatic rings. The molecular weight excluding hydrogens is 468 g/mol. The number of para-hydroxylation sites is 1. The van der Waals surface area contributed by atoms with Crippen molar-refractivity contribution in [3.63, 3.8) is 0 Å². The number of anilines is 1. The standard InChI is InChI=1S/C25H21ClN6OS/c26-18-9-7-17(8-10-18)23-28-29-24-20-5-1-2-6-21(20)27-25(32(23)24)31-13-11-30(12-14-31)22(33)16-19-4-3-15-34-19/h1-10,15H,11-14,16H2. The molecule has 1 aliphatic rings. The summed E-state index contributed by atoms with van der Waals surface area (Å²) in [5.41, 5.74) is 2.55. The van der Waals surface area contributed by atoms with Gasteiger partial charge in [-0.1, -0.05) is 29.8 Å². The summed E-state index contributed by atoms with van der Waals surface area (Å²) in [6.07, 6.45) is 0.461. The molecule has 2 aromatic carbocycles. The van der Waals surface area contributed by atoms with Crippen molar-refractivity contribution in [3.05, 3.63) is 75.9 Å². The Kier molecular flexibility index (Phi) is 5.39. The Labute approximate surface area is 205 Å². The van der Waals surface area contributed by atoms with E-state index in [1.165, 1.54) is 0 Å². The Morgan fingerprint density at radius 3 is 2.50 bits per heavy atom. The third kappa shape index (κ3) is 3.78. The summed E-state index contributed by atoms with van der Waals surface area (Å²) < 4.78 is 2.02. The van der Waals surface area contributed by atoms with Gasteiger partial charge in [-0.05, 0) is 47.8 Å². The van der Waals surface area contributed by atoms with Gasteiger partial charge in [0, 0.05) is 47.0 Å². The molecule has 3 aromatic heterocycles. The molecule has 0 atom stereocenters. The van der Waals surface area contributed by atoms with Crippen molar-refractivity contribution in [1.29, 1.82) is 0 Å². The number of benzene rings is 2. The Morgan fingerprint density at radius 1 is 0.941 bits per heavy atom. The van der Waals surface area contributed by atoms with E-state index in [1.54, 1.807) is 11.3 Å². The van der Waals surface area contributed by atoms with Crippen molar-refractivity contribution < 1.29 is 4.79 Å². The van der Waals surface area contributed by atoms with Crippen molar-refractivity contribution in [1.82, 2.24) is 24.5 Å². The molecule has 0 N–H and O–H groups in total. The first-order valence-electron chi connectivity index (χ1n) is 11.1. The van der Waals surface area contributed by atoms with E-state index in [2.05, 4.69) is 15.1 Å². The molecule has 0 aliphatic carbocycles. The Balaban J connectivity index is 1.36. The minimum Gasteiger partial charge on any atom is -0.339 e. The van der Waals surface area contributed by atoms with Gasteiger partial charge in [0.05, 0.1) is 11.9 Å². The van der Waals surface area contributed by atoms with E-state index in [0.717, 1.165) is 38.8 Å². The number of hydrogen-bond acceptors (Lipinski definition) is 6. The first-order chi connectivity index (χ1) is 16.7. The highest BCUT2D eigenvalue weighted by Gasteiger charge is 2.26. The van der Waals surface area contributed by atoms with Crippen LogP contribution in [0.2, 0.25) is 5.02 Å². The van der Waals surface area contributed by atoms with Crippen molar-refractivity contribution in [2.45, 2.75) is 6.42 Å². The predicted molar refractivity (Wildman–Crippen MR) is 136 cm³/mol. The van der Waals surface area contributed by atoms with Crippen molar-refractivity contribution in [3.8, 4) is 11.4 Å². The van der Waals surface area contributed by atoms with Crippen LogP contribution in [-0.2, 0) is 11.2 Å². The van der Waals surface area contributed by atoms with Gasteiger partial charge in [-0.2, -0.15) is 0 Å². The second kappa shape index (κ2) is 8.70. The fourth-order valence-corrected chi connectivity index (χ4v) is 5.22. The first kappa shape index (κ1) is 21.1. The van der Waals surface area contributed by atoms with Gasteiger partial charge in [-0.15, -0.1) is 21.5 Å². The largest absolute Gasteiger partial charge is 0.339 e. The second-order valence-electron chi connectivity index (χ2n) is 8.24. The number of halogens is 1. The molecule has 0 spiro atoms. The molecule has 0 saturated carbocycles. The van der Waals surface area contributed by atoms with Crippen LogP contribution in [0.5, 0.6) is 0 Å². The topological polar surface area (TPSA) is 66.6 Å². The molecule has 1 saturated heterocycles. The first-order valence-corrected chi connectivity index (χ1v) is 12.4. The van der Waals surface area contributed by atoms with Gasteiger partial charge in [0.1, 0.15) is 0 Å². The van der Waals surface area contributed by atoms with Gasteiger partial charge in [0.25, 0.3) is 0 Å². The molecule has 1 fully saturated rings. The fourth-order valence-electron chi connectivity index (χ4n) is 4.39. The van der Waals surface area contributed by atoms with Crippen LogP contribution in [0.3, 0.4) is 0 Å². The maximum absolute atomic E-state index is 12.8. The highest BCUT2D eigenvalue weighted by atomic mass is 35.5. The number of rotatable bonds is 4. The minimum absolute atomic E-state index is 0.171. The lowest BCUT2D eigenvalue weighted by Crippen LogP contribution is -2.49. The lowest BCUT2D eigenvalue weighted by atomic mass is 10.2. The zero-order chi connectivity index (χ0) is 23.1. The number of fused-ring (bicyclic) bond motifs is 3. The maximum Gasteiger partial charge on any atom is 0.227 e. The number of carbonyl (C=O) groups excluding carboxylic acids is 1. The van der Waals surface area contributed by atoms with E-state index in [9.17, 15) is 4.79 Å². The van der Waals surface area contributed by atoms with E-state index in [1.807, 2.05) is 75.3 Å². The molecule has 1 amide bonds. The monoisotopic (exact) mass is 488 g/mol. The third-order valence-electron chi connectivity index (χ3n) is 6.15. The quantitative estimate of drug-likeness (QED) is 0.371.